The van der Waals surface area contributed by atoms with E-state index in [-0.39, 0.29) is 11.3 Å². The fraction of sp³-hybridized carbons (Fsp3) is 0.318. The van der Waals surface area contributed by atoms with Crippen LogP contribution in [0.2, 0.25) is 0 Å². The molecule has 1 N–H and O–H groups in total. The molecule has 29 heavy (non-hydrogen) atoms. The summed E-state index contributed by atoms with van der Waals surface area (Å²) in [7, 11) is -0.536. The summed E-state index contributed by atoms with van der Waals surface area (Å²) in [5.41, 5.74) is 2.49. The fourth-order valence-corrected chi connectivity index (χ4v) is 3.89. The number of amides is 1. The monoisotopic (exact) mass is 416 g/mol. The number of hydrogen-bond donors (Lipinski definition) is 1. The molecule has 0 spiro atoms. The first kappa shape index (κ1) is 22.6. The molecule has 6 nitrogen and oxygen atoms in total. The molecule has 0 bridgehead atoms. The van der Waals surface area contributed by atoms with Crippen molar-refractivity contribution in [1.29, 1.82) is 0 Å². The van der Waals surface area contributed by atoms with Crippen LogP contribution >= 0.6 is 0 Å². The van der Waals surface area contributed by atoms with Gasteiger partial charge in [0.15, 0.2) is 0 Å². The lowest BCUT2D eigenvalue weighted by Gasteiger charge is -2.24. The summed E-state index contributed by atoms with van der Waals surface area (Å²) in [6.45, 7) is 7.71. The van der Waals surface area contributed by atoms with Gasteiger partial charge in [0, 0.05) is 14.1 Å². The fourth-order valence-electron chi connectivity index (χ4n) is 2.65. The van der Waals surface area contributed by atoms with Crippen LogP contribution in [0.1, 0.15) is 30.5 Å². The van der Waals surface area contributed by atoms with Crippen molar-refractivity contribution in [1.82, 2.24) is 9.62 Å². The average Bonchev–Trinajstić information content (AvgIpc) is 2.68. The third kappa shape index (κ3) is 6.44. The van der Waals surface area contributed by atoms with E-state index in [1.165, 1.54) is 4.90 Å². The number of carbonyl (C=O) groups is 1. The van der Waals surface area contributed by atoms with Crippen LogP contribution in [0.15, 0.2) is 71.6 Å². The maximum Gasteiger partial charge on any atom is 0.409 e. The summed E-state index contributed by atoms with van der Waals surface area (Å²) in [6.07, 6.45) is -0.744. The zero-order valence-electron chi connectivity index (χ0n) is 17.3. The van der Waals surface area contributed by atoms with Gasteiger partial charge in [-0.05, 0) is 43.5 Å². The molecule has 0 fully saturated rings. The van der Waals surface area contributed by atoms with E-state index < -0.39 is 28.3 Å². The second kappa shape index (κ2) is 9.71. The molecule has 2 atom stereocenters. The van der Waals surface area contributed by atoms with E-state index in [1.54, 1.807) is 51.4 Å². The first-order valence-electron chi connectivity index (χ1n) is 9.29. The molecule has 0 radical (unpaired) electrons. The smallest absolute Gasteiger partial charge is 0.409 e. The summed E-state index contributed by atoms with van der Waals surface area (Å²) in [5, 5.41) is 0. The maximum atomic E-state index is 12.9. The number of ether oxygens (including phenoxy) is 1. The molecule has 156 valence electrons. The van der Waals surface area contributed by atoms with Crippen molar-refractivity contribution in [3.8, 4) is 0 Å². The third-order valence-corrected chi connectivity index (χ3v) is 6.00. The minimum atomic E-state index is -3.73. The van der Waals surface area contributed by atoms with Gasteiger partial charge in [0.2, 0.25) is 10.0 Å². The largest absolute Gasteiger partial charge is 0.442 e. The van der Waals surface area contributed by atoms with Crippen molar-refractivity contribution < 1.29 is 17.9 Å². The predicted octanol–water partition coefficient (Wildman–Crippen LogP) is 4.05. The molecule has 2 rings (SSSR count). The highest BCUT2D eigenvalue weighted by Gasteiger charge is 2.24. The number of aryl methyl sites for hydroxylation is 1. The van der Waals surface area contributed by atoms with E-state index in [0.717, 1.165) is 11.1 Å². The zero-order chi connectivity index (χ0) is 21.6. The number of nitrogens with one attached hydrogen (secondary N) is 1. The molecule has 0 heterocycles. The topological polar surface area (TPSA) is 75.7 Å². The normalized spacial score (nSPS) is 13.4. The number of hydrogen-bond acceptors (Lipinski definition) is 4. The van der Waals surface area contributed by atoms with Gasteiger partial charge < -0.3 is 9.64 Å². The lowest BCUT2D eigenvalue weighted by atomic mass is 9.97. The van der Waals surface area contributed by atoms with Crippen molar-refractivity contribution in [3.63, 3.8) is 0 Å². The predicted molar refractivity (Wildman–Crippen MR) is 114 cm³/mol. The molecule has 0 aromatic heterocycles. The average molecular weight is 417 g/mol. The van der Waals surface area contributed by atoms with Gasteiger partial charge in [-0.15, -0.1) is 0 Å². The Morgan fingerprint density at radius 2 is 1.69 bits per heavy atom. The SMILES string of the molecule is C=C(C[C@H](NS(=O)(=O)c1ccccc1)c1ccc(C)cc1)[C@@H](C)OC(=O)N(C)C. The van der Waals surface area contributed by atoms with Gasteiger partial charge in [-0.1, -0.05) is 54.6 Å². The van der Waals surface area contributed by atoms with Gasteiger partial charge in [-0.3, -0.25) is 0 Å². The number of nitrogens with zero attached hydrogens (tertiary/aromatic N) is 1. The molecule has 0 saturated heterocycles. The zero-order valence-corrected chi connectivity index (χ0v) is 18.1. The molecule has 2 aromatic rings. The van der Waals surface area contributed by atoms with E-state index in [2.05, 4.69) is 11.3 Å². The minimum Gasteiger partial charge on any atom is -0.442 e. The standard InChI is InChI=1S/C22H28N2O4S/c1-16-11-13-19(14-12-16)21(15-17(2)18(3)28-22(25)24(4)5)23-29(26,27)20-9-7-6-8-10-20/h6-14,18,21,23H,2,15H2,1,3-5H3/t18-,21+/m1/s1. The van der Waals surface area contributed by atoms with Crippen LogP contribution in [0.3, 0.4) is 0 Å². The van der Waals surface area contributed by atoms with E-state index in [9.17, 15) is 13.2 Å². The molecular formula is C22H28N2O4S. The molecule has 1 amide bonds. The highest BCUT2D eigenvalue weighted by molar-refractivity contribution is 7.89. The van der Waals surface area contributed by atoms with Crippen LogP contribution in [0.5, 0.6) is 0 Å². The second-order valence-electron chi connectivity index (χ2n) is 7.18. The Kier molecular flexibility index (Phi) is 7.59. The molecule has 0 aliphatic rings. The molecule has 0 unspecified atom stereocenters. The summed E-state index contributed by atoms with van der Waals surface area (Å²) in [5.74, 6) is 0. The lowest BCUT2D eigenvalue weighted by Crippen LogP contribution is -2.31. The Bertz CT molecular complexity index is 939. The van der Waals surface area contributed by atoms with Crippen molar-refractivity contribution in [2.45, 2.75) is 37.3 Å². The van der Waals surface area contributed by atoms with Gasteiger partial charge in [0.25, 0.3) is 0 Å². The van der Waals surface area contributed by atoms with E-state index in [0.29, 0.717) is 5.57 Å². The van der Waals surface area contributed by atoms with E-state index in [1.807, 2.05) is 31.2 Å². The minimum absolute atomic E-state index is 0.190. The third-order valence-electron chi connectivity index (χ3n) is 4.51. The van der Waals surface area contributed by atoms with E-state index in [4.69, 9.17) is 4.74 Å². The Labute approximate surface area is 173 Å². The molecule has 0 aliphatic heterocycles. The van der Waals surface area contributed by atoms with Crippen LogP contribution in [0.4, 0.5) is 4.79 Å². The van der Waals surface area contributed by atoms with Crippen LogP contribution in [0.25, 0.3) is 0 Å². The van der Waals surface area contributed by atoms with Crippen molar-refractivity contribution in [2.24, 2.45) is 0 Å². The van der Waals surface area contributed by atoms with Crippen LogP contribution in [0, 0.1) is 6.92 Å². The number of rotatable bonds is 8. The van der Waals surface area contributed by atoms with Gasteiger partial charge >= 0.3 is 6.09 Å². The van der Waals surface area contributed by atoms with Gasteiger partial charge in [0.1, 0.15) is 6.10 Å². The number of carbonyl (C=O) groups excluding carboxylic acids is 1. The van der Waals surface area contributed by atoms with Crippen LogP contribution in [-0.2, 0) is 14.8 Å². The Hall–Kier alpha value is -2.64. The van der Waals surface area contributed by atoms with Gasteiger partial charge in [0.05, 0.1) is 10.9 Å². The number of benzene rings is 2. The Morgan fingerprint density at radius 1 is 1.10 bits per heavy atom. The van der Waals surface area contributed by atoms with Gasteiger partial charge in [-0.25, -0.2) is 17.9 Å². The highest BCUT2D eigenvalue weighted by atomic mass is 32.2. The molecular weight excluding hydrogens is 388 g/mol. The Balaban J connectivity index is 2.25. The summed E-state index contributed by atoms with van der Waals surface area (Å²) < 4.78 is 33.9. The summed E-state index contributed by atoms with van der Waals surface area (Å²) in [6, 6.07) is 15.3. The summed E-state index contributed by atoms with van der Waals surface area (Å²) >= 11 is 0. The van der Waals surface area contributed by atoms with Crippen molar-refractivity contribution >= 4 is 16.1 Å². The molecule has 0 aliphatic carbocycles. The lowest BCUT2D eigenvalue weighted by molar-refractivity contribution is 0.0948. The maximum absolute atomic E-state index is 12.9. The van der Waals surface area contributed by atoms with Crippen LogP contribution < -0.4 is 4.72 Å². The van der Waals surface area contributed by atoms with E-state index >= 15 is 0 Å². The van der Waals surface area contributed by atoms with Crippen LogP contribution in [-0.4, -0.2) is 39.6 Å². The second-order valence-corrected chi connectivity index (χ2v) is 8.89. The first-order valence-corrected chi connectivity index (χ1v) is 10.8. The summed E-state index contributed by atoms with van der Waals surface area (Å²) in [4.78, 5) is 13.3. The van der Waals surface area contributed by atoms with Gasteiger partial charge in [-0.2, -0.15) is 0 Å². The first-order chi connectivity index (χ1) is 13.6. The van der Waals surface area contributed by atoms with Crippen molar-refractivity contribution in [2.75, 3.05) is 14.1 Å². The molecule has 7 heteroatoms. The Morgan fingerprint density at radius 3 is 2.24 bits per heavy atom. The van der Waals surface area contributed by atoms with Crippen molar-refractivity contribution in [3.05, 3.63) is 77.9 Å². The quantitative estimate of drug-likeness (QED) is 0.659. The molecule has 0 saturated carbocycles. The highest BCUT2D eigenvalue weighted by Crippen LogP contribution is 2.26. The molecule has 2 aromatic carbocycles. The number of sulfonamides is 1.